The zero-order valence-electron chi connectivity index (χ0n) is 31.0. The van der Waals surface area contributed by atoms with Crippen molar-refractivity contribution in [1.82, 2.24) is 0 Å². The van der Waals surface area contributed by atoms with Crippen molar-refractivity contribution >= 4 is 14.4 Å². The van der Waals surface area contributed by atoms with Gasteiger partial charge in [0, 0.05) is 0 Å². The quantitative estimate of drug-likeness (QED) is 0.137. The van der Waals surface area contributed by atoms with Crippen molar-refractivity contribution in [2.75, 3.05) is 0 Å². The van der Waals surface area contributed by atoms with E-state index >= 15 is 0 Å². The molecule has 0 nitrogen and oxygen atoms in total. The third-order valence-electron chi connectivity index (χ3n) is 11.4. The van der Waals surface area contributed by atoms with Crippen LogP contribution in [-0.2, 0) is 34.1 Å². The third kappa shape index (κ3) is 6.29. The van der Waals surface area contributed by atoms with E-state index in [9.17, 15) is 0 Å². The summed E-state index contributed by atoms with van der Waals surface area (Å²) in [5.41, 5.74) is 18.2. The molecule has 7 aromatic carbocycles. The molecule has 2 aliphatic carbocycles. The molecule has 2 aliphatic rings. The molecule has 0 aliphatic heterocycles. The zero-order chi connectivity index (χ0) is 36.4. The van der Waals surface area contributed by atoms with Crippen molar-refractivity contribution in [3.05, 3.63) is 247 Å². The van der Waals surface area contributed by atoms with Gasteiger partial charge in [0.25, 0.3) is 0 Å². The first-order chi connectivity index (χ1) is 26.7. The van der Waals surface area contributed by atoms with Gasteiger partial charge in [-0.25, -0.2) is 0 Å². The minimum atomic E-state index is -3.21. The van der Waals surface area contributed by atoms with E-state index in [0.717, 1.165) is 12.8 Å². The van der Waals surface area contributed by atoms with Crippen molar-refractivity contribution < 1.29 is 21.3 Å². The van der Waals surface area contributed by atoms with E-state index in [0.29, 0.717) is 3.63 Å². The second-order valence-electron chi connectivity index (χ2n) is 14.5. The number of fused-ring (bicyclic) bond motifs is 3. The second-order valence-corrected chi connectivity index (χ2v) is 20.6. The average molecular weight is 772 g/mol. The van der Waals surface area contributed by atoms with Gasteiger partial charge < -0.3 is 0 Å². The van der Waals surface area contributed by atoms with Crippen molar-refractivity contribution in [2.24, 2.45) is 0 Å². The molecule has 0 spiro atoms. The Balaban J connectivity index is 1.45. The van der Waals surface area contributed by atoms with Crippen LogP contribution in [0.1, 0.15) is 73.5 Å². The van der Waals surface area contributed by atoms with Gasteiger partial charge in [0.15, 0.2) is 0 Å². The minimum absolute atomic E-state index is 0.122. The molecule has 0 fully saturated rings. The van der Waals surface area contributed by atoms with Gasteiger partial charge in [0.2, 0.25) is 0 Å². The fraction of sp³-hybridized carbons (Fsp3) is 0.113. The predicted octanol–water partition coefficient (Wildman–Crippen LogP) is 13.1. The zero-order valence-corrected chi connectivity index (χ0v) is 33.5. The van der Waals surface area contributed by atoms with E-state index in [2.05, 4.69) is 208 Å². The Morgan fingerprint density at radius 1 is 0.481 bits per heavy atom. The Bertz CT molecular complexity index is 2430. The summed E-state index contributed by atoms with van der Waals surface area (Å²) in [4.78, 5) is 0. The van der Waals surface area contributed by atoms with Crippen molar-refractivity contribution in [3.63, 3.8) is 0 Å². The molecule has 0 saturated heterocycles. The van der Waals surface area contributed by atoms with E-state index in [-0.39, 0.29) is 5.92 Å². The molecule has 1 unspecified atom stereocenters. The van der Waals surface area contributed by atoms with Gasteiger partial charge in [0.05, 0.1) is 0 Å². The molecule has 7 aromatic rings. The van der Waals surface area contributed by atoms with E-state index < -0.39 is 21.3 Å². The summed E-state index contributed by atoms with van der Waals surface area (Å²) < 4.78 is 3.51. The third-order valence-corrected chi connectivity index (χ3v) is 19.7. The Morgan fingerprint density at radius 2 is 0.926 bits per heavy atom. The normalized spacial score (nSPS) is 14.8. The van der Waals surface area contributed by atoms with Crippen LogP contribution in [0.25, 0.3) is 22.3 Å². The van der Waals surface area contributed by atoms with Gasteiger partial charge in [0.1, 0.15) is 0 Å². The summed E-state index contributed by atoms with van der Waals surface area (Å²) in [5, 5.41) is 0. The van der Waals surface area contributed by atoms with Crippen LogP contribution in [0.15, 0.2) is 197 Å². The van der Waals surface area contributed by atoms with Gasteiger partial charge in [-0.05, 0) is 0 Å². The van der Waals surface area contributed by atoms with Crippen LogP contribution in [0.3, 0.4) is 0 Å². The first kappa shape index (κ1) is 34.5. The molecule has 1 atom stereocenters. The average Bonchev–Trinajstić information content (AvgIpc) is 3.80. The van der Waals surface area contributed by atoms with Crippen molar-refractivity contribution in [2.45, 2.75) is 36.2 Å². The van der Waals surface area contributed by atoms with E-state index in [1.54, 1.807) is 6.49 Å². The Labute approximate surface area is 328 Å². The van der Waals surface area contributed by atoms with Crippen LogP contribution >= 0.6 is 0 Å². The number of hydrogen-bond donors (Lipinski definition) is 0. The van der Waals surface area contributed by atoms with Crippen LogP contribution in [0.5, 0.6) is 0 Å². The summed E-state index contributed by atoms with van der Waals surface area (Å²) in [5.74, 6) is 0.122. The van der Waals surface area contributed by atoms with Crippen LogP contribution < -0.4 is 0 Å². The predicted molar refractivity (Wildman–Crippen MR) is 226 cm³/mol. The monoisotopic (exact) mass is 770 g/mol. The summed E-state index contributed by atoms with van der Waals surface area (Å²) in [6.45, 7) is 4.60. The summed E-state index contributed by atoms with van der Waals surface area (Å²) in [6.07, 6.45) is 4.73. The van der Waals surface area contributed by atoms with Gasteiger partial charge in [-0.3, -0.25) is 0 Å². The SMILES string of the molecule is CCc1ccc2c(c1)[CH]([Zr]([C]1=CC(c3ccccc3)=C(c3ccccc3)C1c1ccccc1)=[C](c1ccccc1)c1ccccc1)c1cc(CC)ccc1-2. The molecule has 0 N–H and O–H groups in total. The van der Waals surface area contributed by atoms with Gasteiger partial charge >= 0.3 is 330 Å². The van der Waals surface area contributed by atoms with Crippen LogP contribution in [0.4, 0.5) is 0 Å². The number of benzene rings is 7. The van der Waals surface area contributed by atoms with Crippen LogP contribution in [0, 0.1) is 0 Å². The van der Waals surface area contributed by atoms with E-state index in [1.165, 1.54) is 72.3 Å². The van der Waals surface area contributed by atoms with Crippen molar-refractivity contribution in [1.29, 1.82) is 0 Å². The van der Waals surface area contributed by atoms with Gasteiger partial charge in [-0.1, -0.05) is 0 Å². The molecule has 0 aromatic heterocycles. The fourth-order valence-electron chi connectivity index (χ4n) is 8.90. The van der Waals surface area contributed by atoms with E-state index in [1.807, 2.05) is 0 Å². The Morgan fingerprint density at radius 3 is 1.41 bits per heavy atom. The van der Waals surface area contributed by atoms with Crippen molar-refractivity contribution in [3.8, 4) is 11.1 Å². The molecule has 54 heavy (non-hydrogen) atoms. The molecule has 0 saturated carbocycles. The topological polar surface area (TPSA) is 0 Å². The molecule has 0 amide bonds. The standard InChI is InChI=1S/C23H17.C17H17.C13H10.Zr/c1-4-10-18(11-5-1)21-16-17-22(19-12-6-2-7-13-19)23(21)20-14-8-3-9-15-20;1-3-12-5-7-16-14(9-12)11-15-10-13(4-2)6-8-17(15)16;1-3-7-12(8-4-1)11-13-9-5-2-6-10-13;/h1-16,22H;5-11H,3-4H2,1-2H3;1-10H;. The first-order valence-electron chi connectivity index (χ1n) is 19.5. The maximum atomic E-state index is 2.68. The number of allylic oxidation sites excluding steroid dienone is 4. The second kappa shape index (κ2) is 15.3. The molecular formula is C53H44Zr. The Kier molecular flexibility index (Phi) is 9.76. The molecule has 1 heteroatoms. The van der Waals surface area contributed by atoms with Gasteiger partial charge in [-0.15, -0.1) is 0 Å². The summed E-state index contributed by atoms with van der Waals surface area (Å²) in [6, 6.07) is 71.3. The molecule has 0 bridgehead atoms. The number of rotatable bonds is 9. The summed E-state index contributed by atoms with van der Waals surface area (Å²) in [7, 11) is 0. The first-order valence-corrected chi connectivity index (χ1v) is 23.3. The molecule has 260 valence electrons. The van der Waals surface area contributed by atoms with Crippen LogP contribution in [0.2, 0.25) is 0 Å². The van der Waals surface area contributed by atoms with E-state index in [4.69, 9.17) is 0 Å². The van der Waals surface area contributed by atoms with Crippen LogP contribution in [-0.4, -0.2) is 3.21 Å². The number of aryl methyl sites for hydroxylation is 2. The fourth-order valence-corrected chi connectivity index (χ4v) is 18.5. The maximum absolute atomic E-state index is 3.21. The summed E-state index contributed by atoms with van der Waals surface area (Å²) >= 11 is -3.21. The molecule has 0 radical (unpaired) electrons. The molecular weight excluding hydrogens is 728 g/mol. The van der Waals surface area contributed by atoms with Gasteiger partial charge in [-0.2, -0.15) is 0 Å². The Hall–Kier alpha value is -5.23. The molecule has 9 rings (SSSR count). The molecule has 0 heterocycles. The number of hydrogen-bond acceptors (Lipinski definition) is 0.